The fourth-order valence-electron chi connectivity index (χ4n) is 4.66. The number of halogens is 4. The molecule has 0 unspecified atom stereocenters. The minimum atomic E-state index is 0. The molecule has 10 heteroatoms. The van der Waals surface area contributed by atoms with Crippen molar-refractivity contribution < 1.29 is 9.15 Å². The van der Waals surface area contributed by atoms with Crippen molar-refractivity contribution >= 4 is 59.9 Å². The van der Waals surface area contributed by atoms with Crippen LogP contribution in [0.25, 0.3) is 22.6 Å². The zero-order valence-corrected chi connectivity index (χ0v) is 25.8. The molecule has 2 aromatic heterocycles. The van der Waals surface area contributed by atoms with E-state index in [1.54, 1.807) is 0 Å². The van der Waals surface area contributed by atoms with Gasteiger partial charge in [-0.1, -0.05) is 38.4 Å². The first kappa shape index (κ1) is 33.3. The highest BCUT2D eigenvalue weighted by atomic mass is 35.5. The third-order valence-electron chi connectivity index (χ3n) is 6.72. The molecule has 214 valence electrons. The van der Waals surface area contributed by atoms with Crippen molar-refractivity contribution in [3.05, 3.63) is 70.4 Å². The van der Waals surface area contributed by atoms with Crippen LogP contribution in [0.4, 0.5) is 0 Å². The fourth-order valence-corrected chi connectivity index (χ4v) is 4.85. The van der Waals surface area contributed by atoms with Crippen molar-refractivity contribution in [2.45, 2.75) is 33.7 Å². The largest absolute Gasteiger partial charge is 0.493 e. The maximum atomic E-state index is 6.27. The molecule has 1 N–H and O–H groups in total. The molecule has 0 radical (unpaired) electrons. The number of hydrogen-bond acceptors (Lipinski definition) is 5. The Morgan fingerprint density at radius 2 is 1.72 bits per heavy atom. The highest BCUT2D eigenvalue weighted by molar-refractivity contribution is 6.30. The van der Waals surface area contributed by atoms with Crippen LogP contribution in [0, 0.1) is 5.92 Å². The molecule has 0 spiro atoms. The van der Waals surface area contributed by atoms with Crippen molar-refractivity contribution in [1.82, 2.24) is 19.8 Å². The SMILES string of the molecule is CCN1CCN(Cc2ccc3[nH]c(-c4ccc(Cc5cc(Cl)ccc5OCC(C)C)o4)nc3c2)CC1.Cl.Cl.Cl. The lowest BCUT2D eigenvalue weighted by atomic mass is 10.1. The van der Waals surface area contributed by atoms with Crippen molar-refractivity contribution in [1.29, 1.82) is 0 Å². The van der Waals surface area contributed by atoms with Gasteiger partial charge in [0.25, 0.3) is 0 Å². The summed E-state index contributed by atoms with van der Waals surface area (Å²) in [6, 6.07) is 16.2. The molecular weight excluding hydrogens is 578 g/mol. The second-order valence-corrected chi connectivity index (χ2v) is 10.5. The average molecular weight is 616 g/mol. The summed E-state index contributed by atoms with van der Waals surface area (Å²) in [5.41, 5.74) is 4.28. The second-order valence-electron chi connectivity index (χ2n) is 10.0. The zero-order chi connectivity index (χ0) is 25.1. The van der Waals surface area contributed by atoms with E-state index in [0.717, 1.165) is 79.0 Å². The first-order chi connectivity index (χ1) is 17.5. The summed E-state index contributed by atoms with van der Waals surface area (Å²) in [6.07, 6.45) is 0.601. The van der Waals surface area contributed by atoms with Gasteiger partial charge in [-0.15, -0.1) is 37.2 Å². The van der Waals surface area contributed by atoms with E-state index in [1.165, 1.54) is 5.56 Å². The number of imidazole rings is 1. The van der Waals surface area contributed by atoms with Crippen LogP contribution in [0.15, 0.2) is 52.9 Å². The first-order valence-electron chi connectivity index (χ1n) is 12.9. The van der Waals surface area contributed by atoms with E-state index in [1.807, 2.05) is 30.3 Å². The van der Waals surface area contributed by atoms with Gasteiger partial charge >= 0.3 is 0 Å². The Morgan fingerprint density at radius 3 is 2.44 bits per heavy atom. The van der Waals surface area contributed by atoms with E-state index >= 15 is 0 Å². The van der Waals surface area contributed by atoms with Gasteiger partial charge in [0.05, 0.1) is 17.6 Å². The number of benzene rings is 2. The van der Waals surface area contributed by atoms with Crippen molar-refractivity contribution in [3.8, 4) is 17.3 Å². The third-order valence-corrected chi connectivity index (χ3v) is 6.96. The van der Waals surface area contributed by atoms with Crippen LogP contribution in [-0.2, 0) is 13.0 Å². The van der Waals surface area contributed by atoms with Crippen molar-refractivity contribution in [2.24, 2.45) is 5.92 Å². The highest BCUT2D eigenvalue weighted by Gasteiger charge is 2.17. The quantitative estimate of drug-likeness (QED) is 0.211. The van der Waals surface area contributed by atoms with Gasteiger partial charge in [0.2, 0.25) is 0 Å². The highest BCUT2D eigenvalue weighted by Crippen LogP contribution is 2.29. The Bertz CT molecular complexity index is 1320. The predicted molar refractivity (Wildman–Crippen MR) is 168 cm³/mol. The third kappa shape index (κ3) is 8.53. The number of hydrogen-bond donors (Lipinski definition) is 1. The number of nitrogens with one attached hydrogen (secondary N) is 1. The molecule has 1 aliphatic heterocycles. The maximum absolute atomic E-state index is 6.27. The fraction of sp³-hybridized carbons (Fsp3) is 0.414. The van der Waals surface area contributed by atoms with E-state index in [9.17, 15) is 0 Å². The van der Waals surface area contributed by atoms with E-state index in [2.05, 4.69) is 53.8 Å². The van der Waals surface area contributed by atoms with Crippen LogP contribution in [0.5, 0.6) is 5.75 Å². The number of furan rings is 1. The monoisotopic (exact) mass is 614 g/mol. The van der Waals surface area contributed by atoms with Crippen LogP contribution < -0.4 is 4.74 Å². The molecule has 4 aromatic rings. The molecule has 5 rings (SSSR count). The van der Waals surface area contributed by atoms with Gasteiger partial charge in [0.15, 0.2) is 11.6 Å². The molecule has 1 fully saturated rings. The lowest BCUT2D eigenvalue weighted by Gasteiger charge is -2.34. The van der Waals surface area contributed by atoms with Gasteiger partial charge in [0, 0.05) is 49.7 Å². The Balaban J connectivity index is 0.00000178. The molecule has 1 aliphatic rings. The number of nitrogens with zero attached hydrogens (tertiary/aromatic N) is 3. The van der Waals surface area contributed by atoms with Crippen LogP contribution in [0.1, 0.15) is 37.7 Å². The van der Waals surface area contributed by atoms with Crippen LogP contribution in [0.3, 0.4) is 0 Å². The molecule has 0 bridgehead atoms. The minimum absolute atomic E-state index is 0. The number of likely N-dealkylation sites (N-methyl/N-ethyl adjacent to an activating group) is 1. The maximum Gasteiger partial charge on any atom is 0.174 e. The number of piperazine rings is 1. The molecule has 0 amide bonds. The van der Waals surface area contributed by atoms with Gasteiger partial charge in [-0.2, -0.15) is 0 Å². The molecule has 1 saturated heterocycles. The van der Waals surface area contributed by atoms with Gasteiger partial charge < -0.3 is 19.0 Å². The number of fused-ring (bicyclic) bond motifs is 1. The molecule has 2 aromatic carbocycles. The number of H-pyrrole nitrogens is 1. The molecule has 0 saturated carbocycles. The second kappa shape index (κ2) is 15.2. The summed E-state index contributed by atoms with van der Waals surface area (Å²) in [6.45, 7) is 13.8. The number of aromatic nitrogens is 2. The van der Waals surface area contributed by atoms with E-state index in [-0.39, 0.29) is 37.2 Å². The summed E-state index contributed by atoms with van der Waals surface area (Å²) in [4.78, 5) is 13.3. The molecular formula is C29H38Cl4N4O2. The predicted octanol–water partition coefficient (Wildman–Crippen LogP) is 7.50. The molecule has 6 nitrogen and oxygen atoms in total. The van der Waals surface area contributed by atoms with Crippen LogP contribution >= 0.6 is 48.8 Å². The first-order valence-corrected chi connectivity index (χ1v) is 13.3. The average Bonchev–Trinajstić information content (AvgIpc) is 3.50. The van der Waals surface area contributed by atoms with Crippen molar-refractivity contribution in [3.63, 3.8) is 0 Å². The Morgan fingerprint density at radius 1 is 0.974 bits per heavy atom. The summed E-state index contributed by atoms with van der Waals surface area (Å²) in [5.74, 6) is 3.61. The Hall–Kier alpha value is -1.93. The molecule has 0 aliphatic carbocycles. The minimum Gasteiger partial charge on any atom is -0.493 e. The van der Waals surface area contributed by atoms with Crippen LogP contribution in [0.2, 0.25) is 5.02 Å². The number of rotatable bonds is 9. The molecule has 39 heavy (non-hydrogen) atoms. The van der Waals surface area contributed by atoms with Crippen molar-refractivity contribution in [2.75, 3.05) is 39.3 Å². The Labute approximate surface area is 254 Å². The van der Waals surface area contributed by atoms with Gasteiger partial charge in [-0.05, 0) is 60.5 Å². The van der Waals surface area contributed by atoms with Gasteiger partial charge in [-0.25, -0.2) is 4.98 Å². The molecule has 3 heterocycles. The van der Waals surface area contributed by atoms with E-state index in [4.69, 9.17) is 25.7 Å². The zero-order valence-electron chi connectivity index (χ0n) is 22.6. The topological polar surface area (TPSA) is 57.5 Å². The number of aromatic amines is 1. The van der Waals surface area contributed by atoms with Crippen LogP contribution in [-0.4, -0.2) is 59.1 Å². The lowest BCUT2D eigenvalue weighted by Crippen LogP contribution is -2.45. The lowest BCUT2D eigenvalue weighted by molar-refractivity contribution is 0.132. The normalized spacial score (nSPS) is 14.1. The summed E-state index contributed by atoms with van der Waals surface area (Å²) < 4.78 is 12.2. The van der Waals surface area contributed by atoms with E-state index in [0.29, 0.717) is 24.0 Å². The van der Waals surface area contributed by atoms with Gasteiger partial charge in [0.1, 0.15) is 11.5 Å². The standard InChI is InChI=1S/C29H35ClN4O2.3ClH/c1-4-33-11-13-34(14-12-33)18-21-5-8-25-26(15-21)32-29(31-25)28-10-7-24(36-28)17-22-16-23(30)6-9-27(22)35-19-20(2)3;;;/h5-10,15-16,20H,4,11-14,17-19H2,1-3H3,(H,31,32);3*1H. The summed E-state index contributed by atoms with van der Waals surface area (Å²) in [7, 11) is 0. The summed E-state index contributed by atoms with van der Waals surface area (Å²) >= 11 is 6.27. The molecule has 0 atom stereocenters. The smallest absolute Gasteiger partial charge is 0.174 e. The van der Waals surface area contributed by atoms with E-state index < -0.39 is 0 Å². The van der Waals surface area contributed by atoms with Gasteiger partial charge in [-0.3, -0.25) is 4.90 Å². The Kier molecular flexibility index (Phi) is 12.9. The summed E-state index contributed by atoms with van der Waals surface area (Å²) in [5, 5.41) is 0.689. The number of ether oxygens (including phenoxy) is 1.